The molecule has 3 aromatic carbocycles. The van der Waals surface area contributed by atoms with Crippen molar-refractivity contribution < 1.29 is 4.79 Å². The quantitative estimate of drug-likeness (QED) is 0.381. The highest BCUT2D eigenvalue weighted by molar-refractivity contribution is 7.25. The van der Waals surface area contributed by atoms with Crippen molar-refractivity contribution in [3.05, 3.63) is 95.8 Å². The largest absolute Gasteiger partial charge is 0.234 e. The van der Waals surface area contributed by atoms with E-state index >= 15 is 0 Å². The highest BCUT2D eigenvalue weighted by Gasteiger charge is 2.48. The van der Waals surface area contributed by atoms with Gasteiger partial charge in [0.05, 0.1) is 8.07 Å². The fourth-order valence-corrected chi connectivity index (χ4v) is 14.0. The monoisotopic (exact) mass is 372 g/mol. The highest BCUT2D eigenvalue weighted by atomic mass is 28.4. The third-order valence-electron chi connectivity index (χ3n) is 4.85. The summed E-state index contributed by atoms with van der Waals surface area (Å²) in [5.41, 5.74) is 0. The van der Waals surface area contributed by atoms with E-state index in [2.05, 4.69) is 98.4 Å². The lowest BCUT2D eigenvalue weighted by atomic mass is 10.3. The van der Waals surface area contributed by atoms with E-state index in [9.17, 15) is 4.79 Å². The summed E-state index contributed by atoms with van der Waals surface area (Å²) in [5.74, 6) is 2.47. The molecular weight excluding hydrogens is 348 g/mol. The Morgan fingerprint density at radius 3 is 1.15 bits per heavy atom. The summed E-state index contributed by atoms with van der Waals surface area (Å²) in [6, 6.07) is 31.7. The molecule has 0 saturated carbocycles. The molecule has 0 radical (unpaired) electrons. The summed E-state index contributed by atoms with van der Waals surface area (Å²) in [7, 11) is -4.55. The molecule has 3 heteroatoms. The lowest BCUT2D eigenvalue weighted by Crippen LogP contribution is -2.72. The lowest BCUT2D eigenvalue weighted by molar-refractivity contribution is 0.568. The van der Waals surface area contributed by atoms with Crippen LogP contribution in [0.15, 0.2) is 95.8 Å². The minimum absolute atomic E-state index is 1.01. The van der Waals surface area contributed by atoms with Gasteiger partial charge in [-0.2, -0.15) is 0 Å². The van der Waals surface area contributed by atoms with Crippen molar-refractivity contribution in [1.29, 1.82) is 0 Å². The van der Waals surface area contributed by atoms with Gasteiger partial charge in [0, 0.05) is 4.82 Å². The molecule has 1 nitrogen and oxygen atoms in total. The van der Waals surface area contributed by atoms with Gasteiger partial charge >= 0.3 is 0 Å². The number of benzene rings is 3. The normalized spacial score (nSPS) is 11.7. The number of hydrogen-bond acceptors (Lipinski definition) is 1. The van der Waals surface area contributed by atoms with Crippen molar-refractivity contribution in [2.45, 2.75) is 19.6 Å². The Balaban J connectivity index is 2.50. The number of rotatable bonds is 5. The van der Waals surface area contributed by atoms with E-state index in [1.807, 2.05) is 18.2 Å². The fraction of sp³-hybridized carbons (Fsp3) is 0.130. The van der Waals surface area contributed by atoms with Crippen LogP contribution in [0.1, 0.15) is 0 Å². The van der Waals surface area contributed by atoms with E-state index in [0.29, 0.717) is 0 Å². The molecule has 0 heterocycles. The Hall–Kier alpha value is -2.46. The van der Waals surface area contributed by atoms with Gasteiger partial charge in [0.1, 0.15) is 5.94 Å². The average molecular weight is 373 g/mol. The van der Waals surface area contributed by atoms with E-state index in [1.165, 1.54) is 15.6 Å². The minimum Gasteiger partial charge on any atom is -0.234 e. The molecule has 0 aromatic heterocycles. The first-order valence-electron chi connectivity index (χ1n) is 8.94. The maximum Gasteiger partial charge on any atom is 0.183 e. The maximum absolute atomic E-state index is 12.4. The van der Waals surface area contributed by atoms with Crippen LogP contribution in [-0.4, -0.2) is 22.1 Å². The van der Waals surface area contributed by atoms with Gasteiger partial charge < -0.3 is 0 Å². The molecule has 3 rings (SSSR count). The lowest BCUT2D eigenvalue weighted by Gasteiger charge is -2.39. The van der Waals surface area contributed by atoms with Crippen LogP contribution in [-0.2, 0) is 4.79 Å². The minimum atomic E-state index is -2.63. The molecule has 3 aromatic rings. The van der Waals surface area contributed by atoms with Crippen molar-refractivity contribution >= 4 is 37.6 Å². The van der Waals surface area contributed by atoms with E-state index in [1.54, 1.807) is 0 Å². The first-order valence-corrected chi connectivity index (χ1v) is 14.4. The second-order valence-corrected chi connectivity index (χ2v) is 16.8. The molecule has 0 N–H and O–H groups in total. The van der Waals surface area contributed by atoms with E-state index in [-0.39, 0.29) is 0 Å². The topological polar surface area (TPSA) is 17.1 Å². The standard InChI is InChI=1S/C23H24OSi2/c1-25(2,3)23(19-24)26(20-13-7-4-8-14-20,21-15-9-5-10-16-21)22-17-11-6-12-18-22/h4-18H,1-3H3. The predicted molar refractivity (Wildman–Crippen MR) is 117 cm³/mol. The third-order valence-corrected chi connectivity index (χ3v) is 14.3. The summed E-state index contributed by atoms with van der Waals surface area (Å²) in [6.45, 7) is 6.76. The van der Waals surface area contributed by atoms with Gasteiger partial charge in [0.2, 0.25) is 0 Å². The third kappa shape index (κ3) is 3.17. The number of carbonyl (C=O) groups excluding carboxylic acids is 1. The zero-order valence-electron chi connectivity index (χ0n) is 15.6. The highest BCUT2D eigenvalue weighted by Crippen LogP contribution is 2.24. The maximum atomic E-state index is 12.4. The Morgan fingerprint density at radius 2 is 0.923 bits per heavy atom. The number of hydrogen-bond donors (Lipinski definition) is 0. The smallest absolute Gasteiger partial charge is 0.183 e. The summed E-state index contributed by atoms with van der Waals surface area (Å²) >= 11 is 0. The molecule has 0 amide bonds. The van der Waals surface area contributed by atoms with Crippen LogP contribution in [0.3, 0.4) is 0 Å². The van der Waals surface area contributed by atoms with Gasteiger partial charge in [-0.1, -0.05) is 111 Å². The molecule has 0 atom stereocenters. The molecule has 0 unspecified atom stereocenters. The molecule has 0 aliphatic heterocycles. The van der Waals surface area contributed by atoms with Gasteiger partial charge in [-0.15, -0.1) is 0 Å². The summed E-state index contributed by atoms with van der Waals surface area (Å²) < 4.78 is 0. The molecule has 0 bridgehead atoms. The Morgan fingerprint density at radius 1 is 0.615 bits per heavy atom. The summed E-state index contributed by atoms with van der Waals surface area (Å²) in [6.07, 6.45) is 0. The van der Waals surface area contributed by atoms with Crippen LogP contribution < -0.4 is 15.6 Å². The first-order chi connectivity index (χ1) is 12.5. The Labute approximate surface area is 158 Å². The van der Waals surface area contributed by atoms with E-state index in [0.717, 1.165) is 4.82 Å². The second kappa shape index (κ2) is 7.42. The molecule has 0 saturated heterocycles. The van der Waals surface area contributed by atoms with Crippen LogP contribution in [0, 0.1) is 0 Å². The van der Waals surface area contributed by atoms with Gasteiger partial charge in [-0.3, -0.25) is 0 Å². The van der Waals surface area contributed by atoms with E-state index < -0.39 is 16.1 Å². The Kier molecular flexibility index (Phi) is 5.24. The van der Waals surface area contributed by atoms with Gasteiger partial charge in [0.25, 0.3) is 0 Å². The van der Waals surface area contributed by atoms with Gasteiger partial charge in [0.15, 0.2) is 8.07 Å². The van der Waals surface area contributed by atoms with Crippen LogP contribution in [0.2, 0.25) is 19.6 Å². The zero-order valence-corrected chi connectivity index (χ0v) is 17.6. The summed E-state index contributed by atoms with van der Waals surface area (Å²) in [4.78, 5) is 13.4. The van der Waals surface area contributed by atoms with Gasteiger partial charge in [-0.05, 0) is 15.6 Å². The van der Waals surface area contributed by atoms with Crippen LogP contribution in [0.25, 0.3) is 0 Å². The molecular formula is C23H24OSi2. The molecule has 130 valence electrons. The summed E-state index contributed by atoms with van der Waals surface area (Å²) in [5, 5.41) is 3.74. The molecule has 0 fully saturated rings. The van der Waals surface area contributed by atoms with Gasteiger partial charge in [-0.25, -0.2) is 4.79 Å². The van der Waals surface area contributed by atoms with Crippen molar-refractivity contribution in [2.24, 2.45) is 0 Å². The SMILES string of the molecule is C[Si](C)(C)C(=C=O)[Si](c1ccccc1)(c1ccccc1)c1ccccc1. The van der Waals surface area contributed by atoms with Crippen molar-refractivity contribution in [2.75, 3.05) is 0 Å². The molecule has 0 spiro atoms. The van der Waals surface area contributed by atoms with E-state index in [4.69, 9.17) is 0 Å². The Bertz CT molecular complexity index is 810. The first kappa shape index (κ1) is 18.3. The second-order valence-electron chi connectivity index (χ2n) is 7.58. The van der Waals surface area contributed by atoms with Crippen LogP contribution >= 0.6 is 0 Å². The van der Waals surface area contributed by atoms with Crippen LogP contribution in [0.5, 0.6) is 0 Å². The predicted octanol–water partition coefficient (Wildman–Crippen LogP) is 3.33. The van der Waals surface area contributed by atoms with Crippen molar-refractivity contribution in [1.82, 2.24) is 0 Å². The fourth-order valence-electron chi connectivity index (χ4n) is 3.79. The van der Waals surface area contributed by atoms with Crippen LogP contribution in [0.4, 0.5) is 0 Å². The van der Waals surface area contributed by atoms with Crippen molar-refractivity contribution in [3.63, 3.8) is 0 Å². The molecule has 0 aliphatic rings. The molecule has 26 heavy (non-hydrogen) atoms. The van der Waals surface area contributed by atoms with Crippen molar-refractivity contribution in [3.8, 4) is 0 Å². The average Bonchev–Trinajstić information content (AvgIpc) is 2.67. The molecule has 0 aliphatic carbocycles. The zero-order chi connectivity index (χ0) is 18.6.